The molecule has 2 aromatic heterocycles. The van der Waals surface area contributed by atoms with E-state index in [1.807, 2.05) is 6.07 Å². The molecule has 0 spiro atoms. The Hall–Kier alpha value is -2.02. The van der Waals surface area contributed by atoms with Crippen molar-refractivity contribution in [2.75, 3.05) is 11.0 Å². The summed E-state index contributed by atoms with van der Waals surface area (Å²) in [6.07, 6.45) is 8.05. The topological polar surface area (TPSA) is 76.9 Å². The van der Waals surface area contributed by atoms with E-state index in [1.54, 1.807) is 30.9 Å². The summed E-state index contributed by atoms with van der Waals surface area (Å²) in [6, 6.07) is 1.84. The molecular formula is C16H22N4O2S. The number of nitrogens with one attached hydrogen (secondary N) is 1. The molecule has 1 atom stereocenters. The second-order valence-electron chi connectivity index (χ2n) is 5.56. The third kappa shape index (κ3) is 4.25. The summed E-state index contributed by atoms with van der Waals surface area (Å²) in [6.45, 7) is 3.92. The Bertz CT molecular complexity index is 760. The first-order valence-electron chi connectivity index (χ1n) is 7.56. The summed E-state index contributed by atoms with van der Waals surface area (Å²) in [7, 11) is 0.492. The standard InChI is InChI=1S/C16H22N4O2S/c1-5-6-7-12-9-17-16(19-23(4)22)18-14(12)13-8-11(2)15(21)20(3)10-13/h8-10H,5-7H2,1-4H3,(H,17,18,19). The molecule has 2 rings (SSSR count). The van der Waals surface area contributed by atoms with Crippen LogP contribution in [0.5, 0.6) is 0 Å². The van der Waals surface area contributed by atoms with Crippen LogP contribution < -0.4 is 10.3 Å². The van der Waals surface area contributed by atoms with Gasteiger partial charge in [0.15, 0.2) is 0 Å². The van der Waals surface area contributed by atoms with Crippen molar-refractivity contribution >= 4 is 16.9 Å². The minimum atomic E-state index is -1.24. The molecule has 2 aromatic rings. The van der Waals surface area contributed by atoms with Crippen molar-refractivity contribution in [3.63, 3.8) is 0 Å². The van der Waals surface area contributed by atoms with Gasteiger partial charge in [0, 0.05) is 36.8 Å². The van der Waals surface area contributed by atoms with Crippen molar-refractivity contribution in [3.8, 4) is 11.3 Å². The highest BCUT2D eigenvalue weighted by Crippen LogP contribution is 2.23. The van der Waals surface area contributed by atoms with Gasteiger partial charge in [0.1, 0.15) is 11.0 Å². The lowest BCUT2D eigenvalue weighted by atomic mass is 10.0. The van der Waals surface area contributed by atoms with E-state index < -0.39 is 11.0 Å². The van der Waals surface area contributed by atoms with Crippen molar-refractivity contribution in [3.05, 3.63) is 39.9 Å². The average molecular weight is 334 g/mol. The maximum atomic E-state index is 11.9. The van der Waals surface area contributed by atoms with Crippen molar-refractivity contribution in [2.24, 2.45) is 7.05 Å². The minimum absolute atomic E-state index is 0.0223. The largest absolute Gasteiger partial charge is 0.318 e. The lowest BCUT2D eigenvalue weighted by molar-refractivity contribution is 0.689. The van der Waals surface area contributed by atoms with E-state index in [0.29, 0.717) is 11.5 Å². The normalized spacial score (nSPS) is 12.2. The molecule has 0 fully saturated rings. The van der Waals surface area contributed by atoms with Gasteiger partial charge < -0.3 is 4.57 Å². The van der Waals surface area contributed by atoms with Gasteiger partial charge in [-0.05, 0) is 31.4 Å². The first kappa shape index (κ1) is 17.3. The van der Waals surface area contributed by atoms with Crippen LogP contribution in [0.1, 0.15) is 30.9 Å². The molecule has 1 N–H and O–H groups in total. The summed E-state index contributed by atoms with van der Waals surface area (Å²) in [5, 5.41) is 0. The molecule has 0 aliphatic rings. The van der Waals surface area contributed by atoms with Crippen molar-refractivity contribution in [1.29, 1.82) is 0 Å². The fraction of sp³-hybridized carbons (Fsp3) is 0.438. The van der Waals surface area contributed by atoms with E-state index in [-0.39, 0.29) is 5.56 Å². The molecule has 1 unspecified atom stereocenters. The van der Waals surface area contributed by atoms with Gasteiger partial charge in [-0.1, -0.05) is 13.3 Å². The summed E-state index contributed by atoms with van der Waals surface area (Å²) >= 11 is 0. The van der Waals surface area contributed by atoms with Crippen LogP contribution in [0.4, 0.5) is 5.95 Å². The maximum absolute atomic E-state index is 11.9. The molecule has 0 aliphatic carbocycles. The smallest absolute Gasteiger partial charge is 0.253 e. The molecule has 0 aromatic carbocycles. The molecule has 6 nitrogen and oxygen atoms in total. The van der Waals surface area contributed by atoms with E-state index in [1.165, 1.54) is 6.26 Å². The first-order valence-corrected chi connectivity index (χ1v) is 9.11. The summed E-state index contributed by atoms with van der Waals surface area (Å²) in [5.74, 6) is 0.326. The van der Waals surface area contributed by atoms with E-state index in [0.717, 1.165) is 36.1 Å². The number of unbranched alkanes of at least 4 members (excludes halogenated alkanes) is 1. The molecular weight excluding hydrogens is 312 g/mol. The molecule has 124 valence electrons. The van der Waals surface area contributed by atoms with Gasteiger partial charge in [-0.3, -0.25) is 9.52 Å². The Kier molecular flexibility index (Phi) is 5.65. The summed E-state index contributed by atoms with van der Waals surface area (Å²) in [4.78, 5) is 20.7. The van der Waals surface area contributed by atoms with E-state index in [9.17, 15) is 9.00 Å². The second kappa shape index (κ2) is 7.50. The number of rotatable bonds is 6. The van der Waals surface area contributed by atoms with Crippen LogP contribution >= 0.6 is 0 Å². The number of aromatic nitrogens is 3. The predicted molar refractivity (Wildman–Crippen MR) is 93.7 cm³/mol. The highest BCUT2D eigenvalue weighted by molar-refractivity contribution is 7.85. The summed E-state index contributed by atoms with van der Waals surface area (Å²) in [5.41, 5.74) is 3.31. The lowest BCUT2D eigenvalue weighted by Crippen LogP contribution is -2.18. The van der Waals surface area contributed by atoms with Crippen LogP contribution in [-0.2, 0) is 24.5 Å². The number of hydrogen-bond donors (Lipinski definition) is 1. The van der Waals surface area contributed by atoms with Gasteiger partial charge in [-0.2, -0.15) is 0 Å². The zero-order valence-corrected chi connectivity index (χ0v) is 14.7. The Morgan fingerprint density at radius 3 is 2.74 bits per heavy atom. The van der Waals surface area contributed by atoms with Crippen LogP contribution in [0.3, 0.4) is 0 Å². The Morgan fingerprint density at radius 1 is 1.39 bits per heavy atom. The lowest BCUT2D eigenvalue weighted by Gasteiger charge is -2.12. The molecule has 0 saturated carbocycles. The van der Waals surface area contributed by atoms with Crippen molar-refractivity contribution < 1.29 is 4.21 Å². The van der Waals surface area contributed by atoms with E-state index >= 15 is 0 Å². The summed E-state index contributed by atoms with van der Waals surface area (Å²) < 4.78 is 15.6. The highest BCUT2D eigenvalue weighted by atomic mass is 32.2. The van der Waals surface area contributed by atoms with E-state index in [2.05, 4.69) is 21.6 Å². The average Bonchev–Trinajstić information content (AvgIpc) is 2.50. The number of aryl methyl sites for hydroxylation is 3. The van der Waals surface area contributed by atoms with Gasteiger partial charge in [0.05, 0.1) is 5.69 Å². The Balaban J connectivity index is 2.56. The van der Waals surface area contributed by atoms with Crippen LogP contribution in [-0.4, -0.2) is 25.0 Å². The number of anilines is 1. The number of nitrogens with zero attached hydrogens (tertiary/aromatic N) is 3. The monoisotopic (exact) mass is 334 g/mol. The molecule has 7 heteroatoms. The van der Waals surface area contributed by atoms with Crippen LogP contribution in [0, 0.1) is 6.92 Å². The predicted octanol–water partition coefficient (Wildman–Crippen LogP) is 2.20. The van der Waals surface area contributed by atoms with Crippen molar-refractivity contribution in [2.45, 2.75) is 33.1 Å². The fourth-order valence-corrected chi connectivity index (χ4v) is 2.75. The first-order chi connectivity index (χ1) is 10.9. The van der Waals surface area contributed by atoms with Gasteiger partial charge in [0.25, 0.3) is 5.56 Å². The zero-order chi connectivity index (χ0) is 17.0. The second-order valence-corrected chi connectivity index (χ2v) is 6.67. The Morgan fingerprint density at radius 2 is 2.13 bits per heavy atom. The number of pyridine rings is 1. The van der Waals surface area contributed by atoms with Crippen LogP contribution in [0.2, 0.25) is 0 Å². The minimum Gasteiger partial charge on any atom is -0.318 e. The Labute approximate surface area is 138 Å². The highest BCUT2D eigenvalue weighted by Gasteiger charge is 2.12. The van der Waals surface area contributed by atoms with Gasteiger partial charge >= 0.3 is 0 Å². The molecule has 0 saturated heterocycles. The number of hydrogen-bond acceptors (Lipinski definition) is 4. The quantitative estimate of drug-likeness (QED) is 0.878. The third-order valence-electron chi connectivity index (χ3n) is 3.54. The van der Waals surface area contributed by atoms with Crippen molar-refractivity contribution in [1.82, 2.24) is 14.5 Å². The van der Waals surface area contributed by atoms with Gasteiger partial charge in [0.2, 0.25) is 5.95 Å². The van der Waals surface area contributed by atoms with E-state index in [4.69, 9.17) is 0 Å². The molecule has 2 heterocycles. The SMILES string of the molecule is CCCCc1cnc(NS(C)=O)nc1-c1cc(C)c(=O)n(C)c1. The third-order valence-corrected chi connectivity index (χ3v) is 4.01. The molecule has 0 aliphatic heterocycles. The molecule has 0 bridgehead atoms. The zero-order valence-electron chi connectivity index (χ0n) is 13.9. The molecule has 0 amide bonds. The van der Waals surface area contributed by atoms with Crippen LogP contribution in [0.25, 0.3) is 11.3 Å². The van der Waals surface area contributed by atoms with Gasteiger partial charge in [-0.25, -0.2) is 14.2 Å². The van der Waals surface area contributed by atoms with Crippen LogP contribution in [0.15, 0.2) is 23.3 Å². The fourth-order valence-electron chi connectivity index (χ4n) is 2.39. The molecule has 23 heavy (non-hydrogen) atoms. The van der Waals surface area contributed by atoms with Gasteiger partial charge in [-0.15, -0.1) is 0 Å². The maximum Gasteiger partial charge on any atom is 0.253 e. The molecule has 0 radical (unpaired) electrons.